The number of aromatic nitrogens is 1. The number of aryl methyl sites for hydroxylation is 1. The molecule has 0 saturated heterocycles. The summed E-state index contributed by atoms with van der Waals surface area (Å²) in [5.74, 6) is -0.0474. The Morgan fingerprint density at radius 3 is 2.53 bits per heavy atom. The lowest BCUT2D eigenvalue weighted by Gasteiger charge is -2.06. The molecule has 5 heteroatoms. The zero-order valence-corrected chi connectivity index (χ0v) is 9.25. The molecule has 0 atom stereocenters. The van der Waals surface area contributed by atoms with Gasteiger partial charge in [-0.15, -0.1) is 0 Å². The van der Waals surface area contributed by atoms with Crippen LogP contribution in [0, 0.1) is 17.0 Å². The number of anilines is 1. The molecule has 0 amide bonds. The van der Waals surface area contributed by atoms with Gasteiger partial charge in [0.15, 0.2) is 0 Å². The third-order valence-corrected chi connectivity index (χ3v) is 2.42. The van der Waals surface area contributed by atoms with Crippen LogP contribution in [0.4, 0.5) is 11.5 Å². The monoisotopic (exact) mass is 229 g/mol. The Bertz CT molecular complexity index is 567. The highest BCUT2D eigenvalue weighted by Gasteiger charge is 2.21. The molecule has 86 valence electrons. The van der Waals surface area contributed by atoms with E-state index in [9.17, 15) is 10.1 Å². The molecule has 1 aromatic carbocycles. The first-order chi connectivity index (χ1) is 8.09. The Morgan fingerprint density at radius 1 is 1.29 bits per heavy atom. The molecule has 0 radical (unpaired) electrons. The Hall–Kier alpha value is -2.43. The summed E-state index contributed by atoms with van der Waals surface area (Å²) in [6, 6.07) is 10.8. The van der Waals surface area contributed by atoms with Crippen LogP contribution in [-0.4, -0.2) is 9.91 Å². The minimum atomic E-state index is -0.496. The van der Waals surface area contributed by atoms with E-state index in [0.29, 0.717) is 11.3 Å². The van der Waals surface area contributed by atoms with Gasteiger partial charge in [-0.1, -0.05) is 30.3 Å². The van der Waals surface area contributed by atoms with Crippen molar-refractivity contribution in [3.05, 3.63) is 52.2 Å². The first-order valence-electron chi connectivity index (χ1n) is 5.06. The van der Waals surface area contributed by atoms with Gasteiger partial charge in [-0.05, 0) is 18.6 Å². The van der Waals surface area contributed by atoms with E-state index in [4.69, 9.17) is 5.73 Å². The number of nitro groups is 1. The minimum absolute atomic E-state index is 0.0474. The summed E-state index contributed by atoms with van der Waals surface area (Å²) in [5, 5.41) is 11.0. The van der Waals surface area contributed by atoms with Crippen LogP contribution in [-0.2, 0) is 0 Å². The quantitative estimate of drug-likeness (QED) is 0.633. The zero-order chi connectivity index (χ0) is 12.4. The average molecular weight is 229 g/mol. The van der Waals surface area contributed by atoms with E-state index in [0.717, 1.165) is 5.56 Å². The Kier molecular flexibility index (Phi) is 2.74. The number of nitrogens with zero attached hydrogens (tertiary/aromatic N) is 2. The van der Waals surface area contributed by atoms with Crippen molar-refractivity contribution in [2.45, 2.75) is 6.92 Å². The van der Waals surface area contributed by atoms with Gasteiger partial charge in [0.2, 0.25) is 5.82 Å². The molecule has 0 bridgehead atoms. The lowest BCUT2D eigenvalue weighted by atomic mass is 10.0. The molecule has 0 unspecified atom stereocenters. The molecule has 1 heterocycles. The molecule has 5 nitrogen and oxygen atoms in total. The van der Waals surface area contributed by atoms with Crippen molar-refractivity contribution >= 4 is 11.5 Å². The minimum Gasteiger partial charge on any atom is -0.378 e. The van der Waals surface area contributed by atoms with Gasteiger partial charge in [0.25, 0.3) is 0 Å². The van der Waals surface area contributed by atoms with Crippen LogP contribution in [0.5, 0.6) is 0 Å². The predicted octanol–water partition coefficient (Wildman–Crippen LogP) is 2.55. The first kappa shape index (κ1) is 11.1. The van der Waals surface area contributed by atoms with Gasteiger partial charge in [-0.25, -0.2) is 4.98 Å². The molecule has 0 aliphatic rings. The molecule has 0 saturated carbocycles. The van der Waals surface area contributed by atoms with Crippen LogP contribution in [0.25, 0.3) is 11.1 Å². The fraction of sp³-hybridized carbons (Fsp3) is 0.0833. The highest BCUT2D eigenvalue weighted by atomic mass is 16.6. The Balaban J connectivity index is 2.72. The highest BCUT2D eigenvalue weighted by Crippen LogP contribution is 2.33. The van der Waals surface area contributed by atoms with Crippen LogP contribution >= 0.6 is 0 Å². The summed E-state index contributed by atoms with van der Waals surface area (Å²) in [6.07, 6.45) is 0. The highest BCUT2D eigenvalue weighted by molar-refractivity contribution is 5.79. The van der Waals surface area contributed by atoms with Crippen molar-refractivity contribution in [3.8, 4) is 11.1 Å². The lowest BCUT2D eigenvalue weighted by molar-refractivity contribution is -0.383. The molecule has 2 rings (SSSR count). The van der Waals surface area contributed by atoms with Gasteiger partial charge in [0.05, 0.1) is 10.5 Å². The molecular weight excluding hydrogens is 218 g/mol. The van der Waals surface area contributed by atoms with E-state index in [2.05, 4.69) is 4.98 Å². The SMILES string of the molecule is Cc1cc(-c2ccccc2)c([N+](=O)[O-])c(N)n1. The summed E-state index contributed by atoms with van der Waals surface area (Å²) >= 11 is 0. The van der Waals surface area contributed by atoms with Crippen molar-refractivity contribution in [1.82, 2.24) is 4.98 Å². The average Bonchev–Trinajstić information content (AvgIpc) is 2.28. The third-order valence-electron chi connectivity index (χ3n) is 2.42. The summed E-state index contributed by atoms with van der Waals surface area (Å²) in [4.78, 5) is 14.4. The normalized spacial score (nSPS) is 10.2. The summed E-state index contributed by atoms with van der Waals surface area (Å²) in [5.41, 5.74) is 7.39. The molecule has 0 aliphatic carbocycles. The van der Waals surface area contributed by atoms with Gasteiger partial charge < -0.3 is 5.73 Å². The van der Waals surface area contributed by atoms with Crippen LogP contribution in [0.1, 0.15) is 5.69 Å². The molecule has 1 aromatic heterocycles. The predicted molar refractivity (Wildman–Crippen MR) is 65.5 cm³/mol. The maximum atomic E-state index is 11.0. The molecule has 0 spiro atoms. The van der Waals surface area contributed by atoms with Crippen LogP contribution < -0.4 is 5.73 Å². The van der Waals surface area contributed by atoms with E-state index < -0.39 is 4.92 Å². The van der Waals surface area contributed by atoms with Crippen molar-refractivity contribution in [2.24, 2.45) is 0 Å². The van der Waals surface area contributed by atoms with Gasteiger partial charge in [-0.2, -0.15) is 0 Å². The molecule has 0 aliphatic heterocycles. The summed E-state index contributed by atoms with van der Waals surface area (Å²) in [7, 11) is 0. The standard InChI is InChI=1S/C12H11N3O2/c1-8-7-10(9-5-3-2-4-6-9)11(15(16)17)12(13)14-8/h2-7H,1H3,(H2,13,14). The number of hydrogen-bond acceptors (Lipinski definition) is 4. The number of benzene rings is 1. The van der Waals surface area contributed by atoms with Crippen molar-refractivity contribution < 1.29 is 4.92 Å². The van der Waals surface area contributed by atoms with Crippen LogP contribution in [0.3, 0.4) is 0 Å². The van der Waals surface area contributed by atoms with Gasteiger partial charge in [0, 0.05) is 5.69 Å². The second-order valence-electron chi connectivity index (χ2n) is 3.67. The van der Waals surface area contributed by atoms with E-state index in [1.165, 1.54) is 0 Å². The molecular formula is C12H11N3O2. The molecule has 17 heavy (non-hydrogen) atoms. The van der Waals surface area contributed by atoms with Crippen LogP contribution in [0.15, 0.2) is 36.4 Å². The Morgan fingerprint density at radius 2 is 1.94 bits per heavy atom. The molecule has 0 fully saturated rings. The zero-order valence-electron chi connectivity index (χ0n) is 9.25. The first-order valence-corrected chi connectivity index (χ1v) is 5.06. The number of pyridine rings is 1. The van der Waals surface area contributed by atoms with Gasteiger partial charge >= 0.3 is 5.69 Å². The Labute approximate surface area is 98.1 Å². The van der Waals surface area contributed by atoms with Crippen molar-refractivity contribution in [1.29, 1.82) is 0 Å². The van der Waals surface area contributed by atoms with E-state index in [1.807, 2.05) is 18.2 Å². The number of hydrogen-bond donors (Lipinski definition) is 1. The topological polar surface area (TPSA) is 82.0 Å². The van der Waals surface area contributed by atoms with Crippen molar-refractivity contribution in [2.75, 3.05) is 5.73 Å². The fourth-order valence-electron chi connectivity index (χ4n) is 1.72. The maximum absolute atomic E-state index is 11.0. The summed E-state index contributed by atoms with van der Waals surface area (Å²) in [6.45, 7) is 1.76. The van der Waals surface area contributed by atoms with E-state index in [1.54, 1.807) is 25.1 Å². The second-order valence-corrected chi connectivity index (χ2v) is 3.67. The maximum Gasteiger partial charge on any atom is 0.318 e. The number of rotatable bonds is 2. The third kappa shape index (κ3) is 2.08. The number of nitrogen functional groups attached to an aromatic ring is 1. The van der Waals surface area contributed by atoms with Gasteiger partial charge in [-0.3, -0.25) is 10.1 Å². The van der Waals surface area contributed by atoms with Gasteiger partial charge in [0.1, 0.15) is 0 Å². The molecule has 2 aromatic rings. The van der Waals surface area contributed by atoms with Crippen molar-refractivity contribution in [3.63, 3.8) is 0 Å². The number of nitrogens with two attached hydrogens (primary N) is 1. The second kappa shape index (κ2) is 4.21. The fourth-order valence-corrected chi connectivity index (χ4v) is 1.72. The van der Waals surface area contributed by atoms with Crippen LogP contribution in [0.2, 0.25) is 0 Å². The smallest absolute Gasteiger partial charge is 0.318 e. The molecule has 2 N–H and O–H groups in total. The van der Waals surface area contributed by atoms with E-state index >= 15 is 0 Å². The largest absolute Gasteiger partial charge is 0.378 e. The van der Waals surface area contributed by atoms with E-state index in [-0.39, 0.29) is 11.5 Å². The summed E-state index contributed by atoms with van der Waals surface area (Å²) < 4.78 is 0. The lowest BCUT2D eigenvalue weighted by Crippen LogP contribution is -2.02.